The number of carbonyl (C=O) groups excluding carboxylic acids is 2. The van der Waals surface area contributed by atoms with E-state index in [-0.39, 0.29) is 17.4 Å². The van der Waals surface area contributed by atoms with Crippen LogP contribution in [0.2, 0.25) is 0 Å². The minimum atomic E-state index is -0.159. The molecule has 9 heteroatoms. The van der Waals surface area contributed by atoms with E-state index in [1.54, 1.807) is 32.5 Å². The van der Waals surface area contributed by atoms with Crippen LogP contribution in [0.4, 0.5) is 10.5 Å². The van der Waals surface area contributed by atoms with Gasteiger partial charge in [0.2, 0.25) is 0 Å². The third-order valence-electron chi connectivity index (χ3n) is 6.69. The van der Waals surface area contributed by atoms with Crippen LogP contribution < -0.4 is 14.8 Å². The van der Waals surface area contributed by atoms with Crippen LogP contribution in [-0.2, 0) is 0 Å². The Morgan fingerprint density at radius 3 is 2.24 bits per heavy atom. The van der Waals surface area contributed by atoms with Gasteiger partial charge in [0.15, 0.2) is 0 Å². The van der Waals surface area contributed by atoms with Crippen LogP contribution in [0.5, 0.6) is 11.5 Å². The van der Waals surface area contributed by atoms with E-state index >= 15 is 0 Å². The van der Waals surface area contributed by atoms with Crippen LogP contribution in [0, 0.1) is 5.41 Å². The summed E-state index contributed by atoms with van der Waals surface area (Å²) in [5, 5.41) is 3.73. The summed E-state index contributed by atoms with van der Waals surface area (Å²) < 4.78 is 10.8. The predicted molar refractivity (Wildman–Crippen MR) is 128 cm³/mol. The average molecular weight is 471 g/mol. The van der Waals surface area contributed by atoms with E-state index in [1.165, 1.54) is 11.8 Å². The molecule has 176 valence electrons. The Labute approximate surface area is 198 Å². The van der Waals surface area contributed by atoms with Gasteiger partial charge >= 0.3 is 6.03 Å². The lowest BCUT2D eigenvalue weighted by Gasteiger charge is -2.39. The van der Waals surface area contributed by atoms with Crippen molar-refractivity contribution in [2.75, 3.05) is 52.0 Å². The van der Waals surface area contributed by atoms with Crippen molar-refractivity contribution in [3.05, 3.63) is 42.1 Å². The molecule has 0 saturated carbocycles. The second-order valence-corrected chi connectivity index (χ2v) is 9.29. The van der Waals surface area contributed by atoms with Gasteiger partial charge < -0.3 is 24.6 Å². The number of likely N-dealkylation sites (tertiary alicyclic amines) is 2. The standard InChI is InChI=1S/C24H30N4O4S/c1-31-18-7-4-8-19(32-2)20(18)26-23(30)28-15-11-24(16-28)9-13-27(14-10-24)22(29)17-6-5-12-25-21(17)33-3/h4-8,12H,9-11,13-16H2,1-3H3,(H,26,30). The fourth-order valence-corrected chi connectivity index (χ4v) is 5.29. The number of para-hydroxylation sites is 1. The Hall–Kier alpha value is -2.94. The van der Waals surface area contributed by atoms with Gasteiger partial charge in [-0.15, -0.1) is 11.8 Å². The lowest BCUT2D eigenvalue weighted by molar-refractivity contribution is 0.0590. The van der Waals surface area contributed by atoms with Crippen LogP contribution >= 0.6 is 11.8 Å². The van der Waals surface area contributed by atoms with Gasteiger partial charge in [0.25, 0.3) is 5.91 Å². The van der Waals surface area contributed by atoms with Gasteiger partial charge in [-0.2, -0.15) is 0 Å². The number of methoxy groups -OCH3 is 2. The summed E-state index contributed by atoms with van der Waals surface area (Å²) >= 11 is 1.49. The molecule has 2 aromatic rings. The summed E-state index contributed by atoms with van der Waals surface area (Å²) in [6.07, 6.45) is 6.36. The summed E-state index contributed by atoms with van der Waals surface area (Å²) in [7, 11) is 3.13. The van der Waals surface area contributed by atoms with Crippen LogP contribution in [0.3, 0.4) is 0 Å². The molecule has 2 fully saturated rings. The number of piperidine rings is 1. The molecule has 0 atom stereocenters. The van der Waals surface area contributed by atoms with E-state index in [0.29, 0.717) is 48.9 Å². The smallest absolute Gasteiger partial charge is 0.322 e. The lowest BCUT2D eigenvalue weighted by Crippen LogP contribution is -2.45. The number of nitrogens with zero attached hydrogens (tertiary/aromatic N) is 3. The van der Waals surface area contributed by atoms with Crippen molar-refractivity contribution >= 4 is 29.4 Å². The molecule has 1 spiro atoms. The molecule has 0 unspecified atom stereocenters. The third kappa shape index (κ3) is 4.73. The van der Waals surface area contributed by atoms with Crippen molar-refractivity contribution < 1.29 is 19.1 Å². The third-order valence-corrected chi connectivity index (χ3v) is 7.40. The molecule has 8 nitrogen and oxygen atoms in total. The number of hydrogen-bond donors (Lipinski definition) is 1. The highest BCUT2D eigenvalue weighted by Crippen LogP contribution is 2.41. The molecular weight excluding hydrogens is 440 g/mol. The van der Waals surface area contributed by atoms with Crippen molar-refractivity contribution in [1.82, 2.24) is 14.8 Å². The topological polar surface area (TPSA) is 84.0 Å². The second kappa shape index (κ2) is 9.91. The fraction of sp³-hybridized carbons (Fsp3) is 0.458. The van der Waals surface area contributed by atoms with Crippen LogP contribution in [0.1, 0.15) is 29.6 Å². The molecule has 0 bridgehead atoms. The van der Waals surface area contributed by atoms with Gasteiger partial charge in [0.1, 0.15) is 22.2 Å². The van der Waals surface area contributed by atoms with Gasteiger partial charge in [-0.3, -0.25) is 4.79 Å². The first-order chi connectivity index (χ1) is 16.0. The highest BCUT2D eigenvalue weighted by atomic mass is 32.2. The van der Waals surface area contributed by atoms with E-state index in [1.807, 2.05) is 34.3 Å². The number of aromatic nitrogens is 1. The SMILES string of the molecule is COc1cccc(OC)c1NC(=O)N1CCC2(CCN(C(=O)c3cccnc3SC)CC2)C1. The highest BCUT2D eigenvalue weighted by molar-refractivity contribution is 7.98. The van der Waals surface area contributed by atoms with Crippen LogP contribution in [-0.4, -0.2) is 73.4 Å². The summed E-state index contributed by atoms with van der Waals surface area (Å²) in [5.74, 6) is 1.16. The van der Waals surface area contributed by atoms with Crippen LogP contribution in [0.25, 0.3) is 0 Å². The molecule has 0 aliphatic carbocycles. The summed E-state index contributed by atoms with van der Waals surface area (Å²) in [6.45, 7) is 2.76. The quantitative estimate of drug-likeness (QED) is 0.666. The molecule has 3 amide bonds. The first-order valence-corrected chi connectivity index (χ1v) is 12.3. The predicted octanol–water partition coefficient (Wildman–Crippen LogP) is 3.98. The number of amides is 3. The number of carbonyl (C=O) groups is 2. The maximum absolute atomic E-state index is 13.1. The van der Waals surface area contributed by atoms with Gasteiger partial charge in [-0.05, 0) is 55.2 Å². The molecule has 2 aliphatic rings. The van der Waals surface area contributed by atoms with Crippen molar-refractivity contribution in [3.63, 3.8) is 0 Å². The normalized spacial score (nSPS) is 17.2. The molecule has 2 aliphatic heterocycles. The number of nitrogens with one attached hydrogen (secondary N) is 1. The van der Waals surface area contributed by atoms with E-state index in [4.69, 9.17) is 9.47 Å². The maximum Gasteiger partial charge on any atom is 0.322 e. The zero-order chi connectivity index (χ0) is 23.4. The number of pyridine rings is 1. The Morgan fingerprint density at radius 1 is 1.00 bits per heavy atom. The average Bonchev–Trinajstić information content (AvgIpc) is 3.27. The largest absolute Gasteiger partial charge is 0.494 e. The number of hydrogen-bond acceptors (Lipinski definition) is 6. The molecule has 1 N–H and O–H groups in total. The second-order valence-electron chi connectivity index (χ2n) is 8.49. The highest BCUT2D eigenvalue weighted by Gasteiger charge is 2.43. The van der Waals surface area contributed by atoms with Crippen LogP contribution in [0.15, 0.2) is 41.6 Å². The minimum absolute atomic E-state index is 0.0400. The van der Waals surface area contributed by atoms with E-state index in [9.17, 15) is 9.59 Å². The minimum Gasteiger partial charge on any atom is -0.494 e. The van der Waals surface area contributed by atoms with E-state index in [0.717, 1.165) is 24.3 Å². The fourth-order valence-electron chi connectivity index (χ4n) is 4.75. The lowest BCUT2D eigenvalue weighted by atomic mass is 9.77. The zero-order valence-electron chi connectivity index (χ0n) is 19.3. The Balaban J connectivity index is 1.38. The van der Waals surface area contributed by atoms with Crippen molar-refractivity contribution in [3.8, 4) is 11.5 Å². The first kappa shape index (κ1) is 23.2. The number of anilines is 1. The van der Waals surface area contributed by atoms with Gasteiger partial charge in [0, 0.05) is 32.4 Å². The number of benzene rings is 1. The monoisotopic (exact) mass is 470 g/mol. The van der Waals surface area contributed by atoms with Gasteiger partial charge in [-0.1, -0.05) is 6.07 Å². The van der Waals surface area contributed by atoms with Crippen molar-refractivity contribution in [2.45, 2.75) is 24.3 Å². The molecular formula is C24H30N4O4S. The molecule has 1 aromatic carbocycles. The summed E-state index contributed by atoms with van der Waals surface area (Å²) in [5.41, 5.74) is 1.25. The molecule has 33 heavy (non-hydrogen) atoms. The number of rotatable bonds is 5. The first-order valence-electron chi connectivity index (χ1n) is 11.1. The Bertz CT molecular complexity index is 1000. The zero-order valence-corrected chi connectivity index (χ0v) is 20.1. The number of ether oxygens (including phenoxy) is 2. The molecule has 1 aromatic heterocycles. The number of urea groups is 1. The van der Waals surface area contributed by atoms with E-state index < -0.39 is 0 Å². The van der Waals surface area contributed by atoms with Crippen molar-refractivity contribution in [2.24, 2.45) is 5.41 Å². The molecule has 4 rings (SSSR count). The van der Waals surface area contributed by atoms with Gasteiger partial charge in [0.05, 0.1) is 19.8 Å². The van der Waals surface area contributed by atoms with E-state index in [2.05, 4.69) is 10.3 Å². The Kier molecular flexibility index (Phi) is 6.97. The molecule has 0 radical (unpaired) electrons. The Morgan fingerprint density at radius 2 is 1.64 bits per heavy atom. The van der Waals surface area contributed by atoms with Crippen molar-refractivity contribution in [1.29, 1.82) is 0 Å². The van der Waals surface area contributed by atoms with Gasteiger partial charge in [-0.25, -0.2) is 9.78 Å². The molecule has 3 heterocycles. The summed E-state index contributed by atoms with van der Waals surface area (Å²) in [4.78, 5) is 34.2. The summed E-state index contributed by atoms with van der Waals surface area (Å²) in [6, 6.07) is 8.90. The maximum atomic E-state index is 13.1. The molecule has 2 saturated heterocycles. The number of thioether (sulfide) groups is 1.